The minimum absolute atomic E-state index is 0. The van der Waals surface area contributed by atoms with Gasteiger partial charge in [-0.15, -0.1) is 0 Å². The first-order chi connectivity index (χ1) is 29.1. The second-order valence-electron chi connectivity index (χ2n) is 13.1. The molecule has 62 heavy (non-hydrogen) atoms. The Balaban J connectivity index is 0.000000207. The molecule has 0 fully saturated rings. The van der Waals surface area contributed by atoms with Crippen LogP contribution in [0, 0.1) is 20.2 Å². The average Bonchev–Trinajstić information content (AvgIpc) is 3.96. The van der Waals surface area contributed by atoms with Crippen molar-refractivity contribution in [3.63, 3.8) is 0 Å². The van der Waals surface area contributed by atoms with Crippen LogP contribution in [-0.4, -0.2) is 73.6 Å². The van der Waals surface area contributed by atoms with Crippen LogP contribution in [0.4, 0.5) is 27.1 Å². The second-order valence-corrected chi connectivity index (χ2v) is 15.1. The van der Waals surface area contributed by atoms with Crippen LogP contribution in [0.5, 0.6) is 0 Å². The molecule has 0 atom stereocenters. The SMILES string of the molecule is CCN(CC)c1ccc(N=NC2=[N+](C)c3ccccc3C2(C)C)cc1.O=C1C=CC(=NN=c2[n-]cc([N+](=O)[O-])s2)C(O)=C1.O=C1C=CC(=NN=c2[n-]cc([N+](=O)[O-])s2)C(O)=C1.[Co]. The molecule has 0 amide bonds. The number of allylic oxidation sites excluding steroid dienone is 6. The summed E-state index contributed by atoms with van der Waals surface area (Å²) in [6.07, 6.45) is 9.17. The molecule has 4 aromatic rings. The summed E-state index contributed by atoms with van der Waals surface area (Å²) >= 11 is 1.51. The van der Waals surface area contributed by atoms with Crippen molar-refractivity contribution in [1.82, 2.24) is 9.97 Å². The molecule has 2 aliphatic carbocycles. The summed E-state index contributed by atoms with van der Waals surface area (Å²) in [5.74, 6) is -0.344. The van der Waals surface area contributed by atoms with E-state index in [1.807, 2.05) is 12.1 Å². The molecule has 2 aromatic heterocycles. The fourth-order valence-electron chi connectivity index (χ4n) is 5.71. The third-order valence-electron chi connectivity index (χ3n) is 8.76. The van der Waals surface area contributed by atoms with E-state index in [1.54, 1.807) is 0 Å². The van der Waals surface area contributed by atoms with Crippen molar-refractivity contribution in [2.24, 2.45) is 30.6 Å². The van der Waals surface area contributed by atoms with Crippen molar-refractivity contribution in [3.05, 3.63) is 144 Å². The third-order valence-corrected chi connectivity index (χ3v) is 10.4. The van der Waals surface area contributed by atoms with Gasteiger partial charge in [0.15, 0.2) is 11.6 Å². The zero-order chi connectivity index (χ0) is 44.3. The van der Waals surface area contributed by atoms with Gasteiger partial charge in [-0.25, -0.2) is 4.58 Å². The third kappa shape index (κ3) is 12.0. The number of hydrogen-bond acceptors (Lipinski definition) is 17. The number of azo groups is 1. The van der Waals surface area contributed by atoms with Crippen LogP contribution in [0.25, 0.3) is 0 Å². The van der Waals surface area contributed by atoms with Crippen molar-refractivity contribution in [1.29, 1.82) is 0 Å². The Morgan fingerprint density at radius 1 is 0.742 bits per heavy atom. The Labute approximate surface area is 371 Å². The van der Waals surface area contributed by atoms with Gasteiger partial charge in [0.05, 0.1) is 22.0 Å². The molecule has 3 heterocycles. The summed E-state index contributed by atoms with van der Waals surface area (Å²) in [4.78, 5) is 51.3. The van der Waals surface area contributed by atoms with E-state index in [1.165, 1.54) is 41.2 Å². The van der Waals surface area contributed by atoms with E-state index in [9.17, 15) is 40.0 Å². The predicted molar refractivity (Wildman–Crippen MR) is 229 cm³/mol. The van der Waals surface area contributed by atoms with Gasteiger partial charge in [-0.1, -0.05) is 40.9 Å². The number of thiazole rings is 2. The van der Waals surface area contributed by atoms with Gasteiger partial charge < -0.3 is 35.3 Å². The molecule has 0 saturated heterocycles. The average molecular weight is 925 g/mol. The molecule has 23 heteroatoms. The van der Waals surface area contributed by atoms with Crippen molar-refractivity contribution >= 4 is 78.6 Å². The molecule has 1 radical (unpaired) electrons. The molecular formula is C39H37CoN12O8S2-. The standard InChI is InChI=1S/C21H27N4.2C9H6N4O4S.Co/c1-6-25(7-2)17-14-12-16(13-15-17)22-23-20-21(3,4)18-10-8-9-11-19(18)24(20)5;2*14-5-1-2-6(7(15)3-5)11-12-9-10-4-8(18-9)13(16)17;/h8-15H,6-7H2,1-5H3;2*1-4H,(H2,10,12,14,15);/q+1;;;/p-2. The van der Waals surface area contributed by atoms with Crippen molar-refractivity contribution < 1.29 is 51.0 Å². The van der Waals surface area contributed by atoms with Crippen LogP contribution in [0.15, 0.2) is 140 Å². The molecule has 3 aliphatic rings. The fourth-order valence-corrected chi connectivity index (χ4v) is 6.82. The van der Waals surface area contributed by atoms with E-state index in [0.29, 0.717) is 0 Å². The van der Waals surface area contributed by atoms with E-state index < -0.39 is 9.85 Å². The van der Waals surface area contributed by atoms with Gasteiger partial charge in [0.2, 0.25) is 0 Å². The summed E-state index contributed by atoms with van der Waals surface area (Å²) in [7, 11) is 2.06. The number of amidine groups is 1. The Bertz CT molecular complexity index is 2630. The Hall–Kier alpha value is -7.08. The smallest absolute Gasteiger partial charge is 0.336 e. The van der Waals surface area contributed by atoms with Gasteiger partial charge in [-0.2, -0.15) is 0 Å². The molecule has 1 aliphatic heterocycles. The van der Waals surface area contributed by atoms with Crippen LogP contribution in [0.1, 0.15) is 33.3 Å². The molecule has 0 spiro atoms. The molecule has 20 nitrogen and oxygen atoms in total. The number of ketones is 2. The summed E-state index contributed by atoms with van der Waals surface area (Å²) < 4.78 is 2.14. The summed E-state index contributed by atoms with van der Waals surface area (Å²) in [6, 6.07) is 16.8. The summed E-state index contributed by atoms with van der Waals surface area (Å²) in [6.45, 7) is 10.8. The largest absolute Gasteiger partial charge is 0.506 e. The number of fused-ring (bicyclic) bond motifs is 1. The van der Waals surface area contributed by atoms with E-state index in [4.69, 9.17) is 0 Å². The van der Waals surface area contributed by atoms with E-state index in [0.717, 1.165) is 71.8 Å². The number of aliphatic hydroxyl groups excluding tert-OH is 2. The second kappa shape index (κ2) is 21.4. The monoisotopic (exact) mass is 924 g/mol. The van der Waals surface area contributed by atoms with Crippen LogP contribution in [-0.2, 0) is 31.8 Å². The van der Waals surface area contributed by atoms with Crippen molar-refractivity contribution in [3.8, 4) is 0 Å². The predicted octanol–water partition coefficient (Wildman–Crippen LogP) is 6.18. The van der Waals surface area contributed by atoms with Crippen molar-refractivity contribution in [2.75, 3.05) is 25.0 Å². The maximum Gasteiger partial charge on any atom is 0.336 e. The Morgan fingerprint density at radius 2 is 1.23 bits per heavy atom. The number of para-hydroxylation sites is 1. The minimum Gasteiger partial charge on any atom is -0.506 e. The molecule has 0 unspecified atom stereocenters. The molecule has 323 valence electrons. The van der Waals surface area contributed by atoms with Gasteiger partial charge in [0, 0.05) is 75.3 Å². The maximum absolute atomic E-state index is 10.9. The topological polar surface area (TPSA) is 269 Å². The quantitative estimate of drug-likeness (QED) is 0.0662. The van der Waals surface area contributed by atoms with Gasteiger partial charge in [0.1, 0.15) is 39.7 Å². The van der Waals surface area contributed by atoms with Gasteiger partial charge in [-0.05, 0) is 87.4 Å². The number of aliphatic hydroxyl groups is 2. The van der Waals surface area contributed by atoms with E-state index >= 15 is 0 Å². The molecule has 0 bridgehead atoms. The number of carbonyl (C=O) groups is 2. The van der Waals surface area contributed by atoms with Crippen LogP contribution >= 0.6 is 22.7 Å². The molecule has 2 aromatic carbocycles. The molecule has 7 rings (SSSR count). The first kappa shape index (κ1) is 47.6. The number of anilines is 1. The Kier molecular flexibility index (Phi) is 16.5. The first-order valence-corrected chi connectivity index (χ1v) is 19.8. The number of aromatic nitrogens is 2. The molecule has 2 N–H and O–H groups in total. The zero-order valence-electron chi connectivity index (χ0n) is 33.5. The summed E-state index contributed by atoms with van der Waals surface area (Å²) in [5, 5.41) is 63.0. The van der Waals surface area contributed by atoms with Gasteiger partial charge in [0.25, 0.3) is 0 Å². The number of carbonyl (C=O) groups excluding carboxylic acids is 2. The van der Waals surface area contributed by atoms with Crippen LogP contribution in [0.3, 0.4) is 0 Å². The van der Waals surface area contributed by atoms with Gasteiger partial charge >= 0.3 is 15.8 Å². The summed E-state index contributed by atoms with van der Waals surface area (Å²) in [5.41, 5.74) is 4.64. The first-order valence-electron chi connectivity index (χ1n) is 18.1. The van der Waals surface area contributed by atoms with E-state index in [-0.39, 0.29) is 76.3 Å². The number of hydrogen-bond donors (Lipinski definition) is 2. The van der Waals surface area contributed by atoms with E-state index in [2.05, 4.69) is 121 Å². The number of nitrogens with zero attached hydrogens (tertiary/aromatic N) is 12. The minimum atomic E-state index is -0.583. The van der Waals surface area contributed by atoms with Gasteiger partial charge in [-0.3, -0.25) is 40.0 Å². The maximum atomic E-state index is 10.9. The number of rotatable bonds is 8. The normalized spacial score (nSPS) is 16.9. The Morgan fingerprint density at radius 3 is 1.65 bits per heavy atom. The number of nitro groups is 2. The zero-order valence-corrected chi connectivity index (χ0v) is 36.2. The molecule has 0 saturated carbocycles. The fraction of sp³-hybridized carbons (Fsp3) is 0.205. The van der Waals surface area contributed by atoms with Crippen LogP contribution < -0.4 is 24.5 Å². The number of benzene rings is 2. The van der Waals surface area contributed by atoms with Crippen molar-refractivity contribution in [2.45, 2.75) is 33.1 Å². The molecular weight excluding hydrogens is 888 g/mol. The van der Waals surface area contributed by atoms with Crippen LogP contribution in [0.2, 0.25) is 0 Å².